The van der Waals surface area contributed by atoms with Crippen molar-refractivity contribution < 1.29 is 18.0 Å². The Balaban J connectivity index is 2.07. The molecule has 5 nitrogen and oxygen atoms in total. The number of alkyl halides is 3. The second kappa shape index (κ2) is 9.60. The fourth-order valence-corrected chi connectivity index (χ4v) is 3.03. The molecule has 0 unspecified atom stereocenters. The second-order valence-electron chi connectivity index (χ2n) is 6.27. The summed E-state index contributed by atoms with van der Waals surface area (Å²) in [5.74, 6) is -0.536. The second-order valence-corrected chi connectivity index (χ2v) is 6.68. The molecule has 0 saturated carbocycles. The number of benzene rings is 2. The van der Waals surface area contributed by atoms with Crippen LogP contribution in [0.5, 0.6) is 0 Å². The number of hydrogen-bond acceptors (Lipinski definition) is 3. The Kier molecular flexibility index (Phi) is 7.44. The van der Waals surface area contributed by atoms with E-state index in [0.29, 0.717) is 29.9 Å². The minimum Gasteiger partial charge on any atom is -0.372 e. The van der Waals surface area contributed by atoms with Gasteiger partial charge < -0.3 is 21.3 Å². The molecule has 0 aromatic heterocycles. The molecule has 0 radical (unpaired) electrons. The minimum absolute atomic E-state index is 0.132. The molecule has 2 aromatic carbocycles. The van der Waals surface area contributed by atoms with E-state index in [1.165, 1.54) is 6.07 Å². The molecule has 2 aromatic rings. The van der Waals surface area contributed by atoms with Gasteiger partial charge in [-0.2, -0.15) is 13.2 Å². The maximum atomic E-state index is 13.5. The number of nitrogens with two attached hydrogens (primary N) is 1. The first-order chi connectivity index (χ1) is 13.7. The molecule has 9 heteroatoms. The van der Waals surface area contributed by atoms with E-state index < -0.39 is 17.6 Å². The lowest BCUT2D eigenvalue weighted by molar-refractivity contribution is -0.137. The van der Waals surface area contributed by atoms with Gasteiger partial charge in [0.2, 0.25) is 5.91 Å². The molecule has 0 atom stereocenters. The van der Waals surface area contributed by atoms with Crippen LogP contribution in [0.15, 0.2) is 42.5 Å². The molecule has 0 saturated heterocycles. The topological polar surface area (TPSA) is 70.4 Å². The zero-order chi connectivity index (χ0) is 21.6. The number of carbonyl (C=O) groups excluding carboxylic acids is 1. The molecular weight excluding hydrogens is 401 g/mol. The molecule has 0 bridgehead atoms. The zero-order valence-corrected chi connectivity index (χ0v) is 17.0. The first kappa shape index (κ1) is 22.5. The van der Waals surface area contributed by atoms with Crippen LogP contribution in [0.3, 0.4) is 0 Å². The summed E-state index contributed by atoms with van der Waals surface area (Å²) in [4.78, 5) is 12.7. The fraction of sp³-hybridized carbons (Fsp3) is 0.300. The Morgan fingerprint density at radius 3 is 2.24 bits per heavy atom. The minimum atomic E-state index is -4.45. The Hall–Kier alpha value is -2.81. The highest BCUT2D eigenvalue weighted by molar-refractivity contribution is 7.80. The van der Waals surface area contributed by atoms with Gasteiger partial charge in [-0.1, -0.05) is 6.07 Å². The van der Waals surface area contributed by atoms with E-state index >= 15 is 0 Å². The lowest BCUT2D eigenvalue weighted by Gasteiger charge is -2.25. The van der Waals surface area contributed by atoms with Gasteiger partial charge in [0.1, 0.15) is 0 Å². The van der Waals surface area contributed by atoms with Crippen LogP contribution in [0.4, 0.5) is 24.5 Å². The monoisotopic (exact) mass is 424 g/mol. The number of amides is 1. The van der Waals surface area contributed by atoms with E-state index in [2.05, 4.69) is 10.6 Å². The highest BCUT2D eigenvalue weighted by Crippen LogP contribution is 2.37. The quantitative estimate of drug-likeness (QED) is 0.583. The number of nitrogens with one attached hydrogen (secondary N) is 2. The van der Waals surface area contributed by atoms with Gasteiger partial charge in [-0.15, -0.1) is 0 Å². The lowest BCUT2D eigenvalue weighted by Crippen LogP contribution is -2.28. The average molecular weight is 424 g/mol. The summed E-state index contributed by atoms with van der Waals surface area (Å²) in [7, 11) is 0. The molecule has 2 rings (SSSR count). The average Bonchev–Trinajstić information content (AvgIpc) is 2.67. The molecule has 156 valence electrons. The number of thiocarbonyl (C=S) groups is 1. The van der Waals surface area contributed by atoms with Gasteiger partial charge in [0, 0.05) is 36.6 Å². The Morgan fingerprint density at radius 2 is 1.72 bits per heavy atom. The van der Waals surface area contributed by atoms with Gasteiger partial charge in [0.15, 0.2) is 5.11 Å². The first-order valence-corrected chi connectivity index (χ1v) is 9.46. The van der Waals surface area contributed by atoms with Crippen molar-refractivity contribution in [3.05, 3.63) is 59.2 Å². The van der Waals surface area contributed by atoms with E-state index in [1.54, 1.807) is 35.2 Å². The van der Waals surface area contributed by atoms with Gasteiger partial charge in [0.05, 0.1) is 5.56 Å². The zero-order valence-electron chi connectivity index (χ0n) is 16.1. The Bertz CT molecular complexity index is 865. The van der Waals surface area contributed by atoms with Gasteiger partial charge in [0.25, 0.3) is 0 Å². The van der Waals surface area contributed by atoms with Crippen LogP contribution < -0.4 is 21.3 Å². The first-order valence-electron chi connectivity index (χ1n) is 9.05. The number of rotatable bonds is 7. The molecule has 0 heterocycles. The summed E-state index contributed by atoms with van der Waals surface area (Å²) in [5.41, 5.74) is 6.14. The van der Waals surface area contributed by atoms with Crippen LogP contribution in [0.25, 0.3) is 0 Å². The molecule has 0 aliphatic heterocycles. The summed E-state index contributed by atoms with van der Waals surface area (Å²) in [6, 6.07) is 10.7. The Labute approximate surface area is 173 Å². The van der Waals surface area contributed by atoms with Crippen LogP contribution in [-0.2, 0) is 12.7 Å². The molecular formula is C20H23F3N4OS. The van der Waals surface area contributed by atoms with E-state index in [-0.39, 0.29) is 17.3 Å². The van der Waals surface area contributed by atoms with E-state index in [9.17, 15) is 18.0 Å². The normalized spacial score (nSPS) is 11.1. The van der Waals surface area contributed by atoms with Gasteiger partial charge in [-0.3, -0.25) is 4.79 Å². The van der Waals surface area contributed by atoms with Crippen molar-refractivity contribution in [2.24, 2.45) is 5.73 Å². The van der Waals surface area contributed by atoms with Gasteiger partial charge in [-0.25, -0.2) is 0 Å². The molecule has 0 aliphatic rings. The van der Waals surface area contributed by atoms with Gasteiger partial charge >= 0.3 is 6.18 Å². The summed E-state index contributed by atoms with van der Waals surface area (Å²) in [5, 5.41) is 6.05. The number of primary amides is 1. The number of carbonyl (C=O) groups is 1. The molecule has 0 aliphatic carbocycles. The number of hydrogen-bond donors (Lipinski definition) is 3. The van der Waals surface area contributed by atoms with Crippen molar-refractivity contribution in [3.63, 3.8) is 0 Å². The van der Waals surface area contributed by atoms with E-state index in [4.69, 9.17) is 18.0 Å². The summed E-state index contributed by atoms with van der Waals surface area (Å²) in [6.45, 7) is 4.74. The Morgan fingerprint density at radius 1 is 1.10 bits per heavy atom. The highest BCUT2D eigenvalue weighted by Gasteiger charge is 2.34. The molecule has 0 fully saturated rings. The predicted molar refractivity (Wildman–Crippen MR) is 113 cm³/mol. The number of anilines is 2. The van der Waals surface area contributed by atoms with Crippen LogP contribution in [0.2, 0.25) is 0 Å². The lowest BCUT2D eigenvalue weighted by atomic mass is 10.1. The third-order valence-electron chi connectivity index (χ3n) is 4.35. The maximum Gasteiger partial charge on any atom is 0.418 e. The van der Waals surface area contributed by atoms with Crippen LogP contribution in [-0.4, -0.2) is 24.1 Å². The van der Waals surface area contributed by atoms with Crippen molar-refractivity contribution in [2.75, 3.05) is 23.3 Å². The maximum absolute atomic E-state index is 13.5. The standard InChI is InChI=1S/C20H23F3N4OS/c1-3-27(4-2)17-10-5-13(11-16(17)20(21,22)23)12-25-19(29)26-15-8-6-14(7-9-15)18(24)28/h5-11H,3-4,12H2,1-2H3,(H2,24,28)(H2,25,26,29). The van der Waals surface area contributed by atoms with E-state index in [1.807, 2.05) is 13.8 Å². The number of halogens is 3. The number of nitrogens with zero attached hydrogens (tertiary/aromatic N) is 1. The molecule has 29 heavy (non-hydrogen) atoms. The molecule has 0 spiro atoms. The van der Waals surface area contributed by atoms with Crippen molar-refractivity contribution in [1.29, 1.82) is 0 Å². The van der Waals surface area contributed by atoms with Crippen molar-refractivity contribution in [1.82, 2.24) is 5.32 Å². The summed E-state index contributed by atoms with van der Waals surface area (Å²) < 4.78 is 40.6. The third kappa shape index (κ3) is 6.08. The van der Waals surface area contributed by atoms with Crippen molar-refractivity contribution >= 4 is 34.6 Å². The fourth-order valence-electron chi connectivity index (χ4n) is 2.84. The third-order valence-corrected chi connectivity index (χ3v) is 4.60. The van der Waals surface area contributed by atoms with E-state index in [0.717, 1.165) is 6.07 Å². The van der Waals surface area contributed by atoms with Crippen molar-refractivity contribution in [2.45, 2.75) is 26.6 Å². The summed E-state index contributed by atoms with van der Waals surface area (Å²) in [6.07, 6.45) is -4.45. The van der Waals surface area contributed by atoms with Crippen molar-refractivity contribution in [3.8, 4) is 0 Å². The molecule has 1 amide bonds. The highest BCUT2D eigenvalue weighted by atomic mass is 32.1. The predicted octanol–water partition coefficient (Wildman–Crippen LogP) is 4.14. The SMILES string of the molecule is CCN(CC)c1ccc(CNC(=S)Nc2ccc(C(N)=O)cc2)cc1C(F)(F)F. The van der Waals surface area contributed by atoms with Crippen LogP contribution >= 0.6 is 12.2 Å². The van der Waals surface area contributed by atoms with Gasteiger partial charge in [-0.05, 0) is 68.0 Å². The molecule has 4 N–H and O–H groups in total. The van der Waals surface area contributed by atoms with Crippen LogP contribution in [0.1, 0.15) is 35.3 Å². The van der Waals surface area contributed by atoms with Crippen LogP contribution in [0, 0.1) is 0 Å². The largest absolute Gasteiger partial charge is 0.418 e. The smallest absolute Gasteiger partial charge is 0.372 e. The summed E-state index contributed by atoms with van der Waals surface area (Å²) >= 11 is 5.19.